The van der Waals surface area contributed by atoms with Gasteiger partial charge in [-0.15, -0.1) is 11.6 Å². The van der Waals surface area contributed by atoms with Crippen LogP contribution in [-0.2, 0) is 5.88 Å². The fraction of sp³-hybridized carbons (Fsp3) is 0.294. The van der Waals surface area contributed by atoms with Crippen molar-refractivity contribution in [2.24, 2.45) is 0 Å². The van der Waals surface area contributed by atoms with Gasteiger partial charge in [0.15, 0.2) is 0 Å². The number of rotatable bonds is 6. The van der Waals surface area contributed by atoms with E-state index in [0.29, 0.717) is 5.88 Å². The van der Waals surface area contributed by atoms with Crippen molar-refractivity contribution in [3.8, 4) is 0 Å². The van der Waals surface area contributed by atoms with Crippen LogP contribution in [-0.4, -0.2) is 6.54 Å². The van der Waals surface area contributed by atoms with E-state index in [1.165, 1.54) is 29.8 Å². The van der Waals surface area contributed by atoms with Crippen molar-refractivity contribution in [2.45, 2.75) is 25.6 Å². The quantitative estimate of drug-likeness (QED) is 0.640. The van der Waals surface area contributed by atoms with Crippen molar-refractivity contribution in [1.82, 2.24) is 0 Å². The largest absolute Gasteiger partial charge is 0.341 e. The van der Waals surface area contributed by atoms with E-state index in [2.05, 4.69) is 60.4 Å². The first-order valence-corrected chi connectivity index (χ1v) is 7.36. The lowest BCUT2D eigenvalue weighted by Gasteiger charge is -2.27. The first kappa shape index (κ1) is 14.0. The molecule has 0 aliphatic carbocycles. The minimum absolute atomic E-state index is 0.547. The first-order valence-electron chi connectivity index (χ1n) is 6.83. The predicted octanol–water partition coefficient (Wildman–Crippen LogP) is 5.36. The van der Waals surface area contributed by atoms with Gasteiger partial charge in [0.05, 0.1) is 0 Å². The highest BCUT2D eigenvalue weighted by Gasteiger charge is 2.11. The number of anilines is 2. The van der Waals surface area contributed by atoms with Crippen LogP contribution in [0.3, 0.4) is 0 Å². The Morgan fingerprint density at radius 2 is 1.63 bits per heavy atom. The molecule has 2 rings (SSSR count). The molecule has 0 aliphatic rings. The fourth-order valence-electron chi connectivity index (χ4n) is 2.20. The Morgan fingerprint density at radius 1 is 0.947 bits per heavy atom. The molecule has 0 amide bonds. The number of alkyl halides is 1. The third kappa shape index (κ3) is 3.51. The maximum atomic E-state index is 6.07. The van der Waals surface area contributed by atoms with Crippen LogP contribution in [0.4, 0.5) is 11.4 Å². The van der Waals surface area contributed by atoms with Gasteiger partial charge in [-0.25, -0.2) is 0 Å². The molecule has 0 aliphatic heterocycles. The third-order valence-electron chi connectivity index (χ3n) is 3.23. The molecule has 100 valence electrons. The van der Waals surface area contributed by atoms with E-state index in [-0.39, 0.29) is 0 Å². The van der Waals surface area contributed by atoms with Crippen molar-refractivity contribution >= 4 is 23.0 Å². The van der Waals surface area contributed by atoms with Gasteiger partial charge in [0.2, 0.25) is 0 Å². The molecule has 0 saturated carbocycles. The molecule has 19 heavy (non-hydrogen) atoms. The molecule has 1 nitrogen and oxygen atoms in total. The second-order valence-corrected chi connectivity index (χ2v) is 4.87. The van der Waals surface area contributed by atoms with Crippen molar-refractivity contribution < 1.29 is 0 Å². The highest BCUT2D eigenvalue weighted by Crippen LogP contribution is 2.29. The molecule has 0 spiro atoms. The van der Waals surface area contributed by atoms with Crippen LogP contribution in [0.15, 0.2) is 54.6 Å². The van der Waals surface area contributed by atoms with Gasteiger partial charge in [0, 0.05) is 23.8 Å². The van der Waals surface area contributed by atoms with Crippen LogP contribution in [0.2, 0.25) is 0 Å². The van der Waals surface area contributed by atoms with Crippen LogP contribution >= 0.6 is 11.6 Å². The molecule has 2 aromatic rings. The molecule has 0 bridgehead atoms. The van der Waals surface area contributed by atoms with Crippen molar-refractivity contribution in [3.63, 3.8) is 0 Å². The maximum absolute atomic E-state index is 6.07. The smallest absolute Gasteiger partial charge is 0.0494 e. The molecular formula is C17H20ClN. The van der Waals surface area contributed by atoms with E-state index in [4.69, 9.17) is 11.6 Å². The number of nitrogens with zero attached hydrogens (tertiary/aromatic N) is 1. The average Bonchev–Trinajstić information content (AvgIpc) is 2.49. The van der Waals surface area contributed by atoms with Gasteiger partial charge in [-0.1, -0.05) is 49.7 Å². The normalized spacial score (nSPS) is 10.4. The molecule has 0 saturated heterocycles. The lowest BCUT2D eigenvalue weighted by Crippen LogP contribution is -2.19. The summed E-state index contributed by atoms with van der Waals surface area (Å²) >= 11 is 6.07. The number of benzene rings is 2. The zero-order valence-corrected chi connectivity index (χ0v) is 12.1. The molecule has 2 aromatic carbocycles. The Morgan fingerprint density at radius 3 is 2.32 bits per heavy atom. The van der Waals surface area contributed by atoms with Crippen LogP contribution in [0.25, 0.3) is 0 Å². The molecule has 0 atom stereocenters. The van der Waals surface area contributed by atoms with Crippen LogP contribution in [0.1, 0.15) is 25.3 Å². The molecular weight excluding hydrogens is 254 g/mol. The van der Waals surface area contributed by atoms with E-state index in [1.54, 1.807) is 0 Å². The zero-order valence-electron chi connectivity index (χ0n) is 11.3. The zero-order chi connectivity index (χ0) is 13.5. The summed E-state index contributed by atoms with van der Waals surface area (Å²) in [5.41, 5.74) is 3.63. The van der Waals surface area contributed by atoms with Crippen molar-refractivity contribution in [2.75, 3.05) is 11.4 Å². The van der Waals surface area contributed by atoms with E-state index >= 15 is 0 Å². The highest BCUT2D eigenvalue weighted by molar-refractivity contribution is 6.17. The number of unbranched alkanes of at least 4 members (excludes halogenated alkanes) is 1. The summed E-state index contributed by atoms with van der Waals surface area (Å²) in [6.07, 6.45) is 2.36. The highest BCUT2D eigenvalue weighted by atomic mass is 35.5. The Labute approximate surface area is 120 Å². The summed E-state index contributed by atoms with van der Waals surface area (Å²) in [7, 11) is 0. The summed E-state index contributed by atoms with van der Waals surface area (Å²) < 4.78 is 0. The van der Waals surface area contributed by atoms with Crippen LogP contribution in [0, 0.1) is 0 Å². The number of hydrogen-bond donors (Lipinski definition) is 0. The van der Waals surface area contributed by atoms with Gasteiger partial charge >= 0.3 is 0 Å². The van der Waals surface area contributed by atoms with Crippen molar-refractivity contribution in [1.29, 1.82) is 0 Å². The van der Waals surface area contributed by atoms with Crippen LogP contribution < -0.4 is 4.90 Å². The molecule has 0 radical (unpaired) electrons. The van der Waals surface area contributed by atoms with E-state index < -0.39 is 0 Å². The Hall–Kier alpha value is -1.47. The number of para-hydroxylation sites is 2. The summed E-state index contributed by atoms with van der Waals surface area (Å²) in [5.74, 6) is 0.547. The maximum Gasteiger partial charge on any atom is 0.0494 e. The van der Waals surface area contributed by atoms with Gasteiger partial charge in [0.25, 0.3) is 0 Å². The van der Waals surface area contributed by atoms with Crippen molar-refractivity contribution in [3.05, 3.63) is 60.2 Å². The Balaban J connectivity index is 2.37. The molecule has 0 N–H and O–H groups in total. The number of halogens is 1. The summed E-state index contributed by atoms with van der Waals surface area (Å²) in [6, 6.07) is 18.9. The second-order valence-electron chi connectivity index (χ2n) is 4.60. The summed E-state index contributed by atoms with van der Waals surface area (Å²) in [6.45, 7) is 3.24. The summed E-state index contributed by atoms with van der Waals surface area (Å²) in [5, 5.41) is 0. The lowest BCUT2D eigenvalue weighted by molar-refractivity contribution is 0.784. The molecule has 0 fully saturated rings. The van der Waals surface area contributed by atoms with Gasteiger partial charge in [-0.2, -0.15) is 0 Å². The molecule has 0 unspecified atom stereocenters. The molecule has 0 heterocycles. The topological polar surface area (TPSA) is 3.24 Å². The predicted molar refractivity (Wildman–Crippen MR) is 84.4 cm³/mol. The van der Waals surface area contributed by atoms with Gasteiger partial charge in [-0.05, 0) is 30.2 Å². The number of hydrogen-bond acceptors (Lipinski definition) is 1. The minimum atomic E-state index is 0.547. The Kier molecular flexibility index (Phi) is 5.29. The van der Waals surface area contributed by atoms with Gasteiger partial charge < -0.3 is 4.90 Å². The first-order chi connectivity index (χ1) is 9.36. The molecule has 0 aromatic heterocycles. The summed E-state index contributed by atoms with van der Waals surface area (Å²) in [4.78, 5) is 2.36. The molecule has 2 heteroatoms. The monoisotopic (exact) mass is 273 g/mol. The van der Waals surface area contributed by atoms with Gasteiger partial charge in [0.1, 0.15) is 0 Å². The second kappa shape index (κ2) is 7.20. The average molecular weight is 274 g/mol. The van der Waals surface area contributed by atoms with Gasteiger partial charge in [-0.3, -0.25) is 0 Å². The standard InChI is InChI=1S/C17H20ClN/c1-2-3-13-19(16-10-5-4-6-11-16)17-12-8-7-9-15(17)14-18/h4-12H,2-3,13-14H2,1H3. The SMILES string of the molecule is CCCCN(c1ccccc1)c1ccccc1CCl. The van der Waals surface area contributed by atoms with E-state index in [0.717, 1.165) is 6.54 Å². The fourth-order valence-corrected chi connectivity index (χ4v) is 2.43. The van der Waals surface area contributed by atoms with E-state index in [9.17, 15) is 0 Å². The third-order valence-corrected chi connectivity index (χ3v) is 3.52. The van der Waals surface area contributed by atoms with Crippen LogP contribution in [0.5, 0.6) is 0 Å². The minimum Gasteiger partial charge on any atom is -0.341 e. The Bertz CT molecular complexity index is 496. The van der Waals surface area contributed by atoms with E-state index in [1.807, 2.05) is 6.07 Å². The lowest BCUT2D eigenvalue weighted by atomic mass is 10.1.